The SMILES string of the molecule is CC(C)(NC(=O)CC(O)(c1nc2ccccc2s1)C(F)(F)F)C(=O)O. The molecule has 1 aromatic carbocycles. The van der Waals surface area contributed by atoms with Crippen molar-refractivity contribution in [2.75, 3.05) is 0 Å². The van der Waals surface area contributed by atoms with Gasteiger partial charge in [-0.2, -0.15) is 13.2 Å². The van der Waals surface area contributed by atoms with Gasteiger partial charge in [0, 0.05) is 0 Å². The van der Waals surface area contributed by atoms with Gasteiger partial charge in [-0.05, 0) is 26.0 Å². The van der Waals surface area contributed by atoms with Gasteiger partial charge in [0.1, 0.15) is 10.5 Å². The summed E-state index contributed by atoms with van der Waals surface area (Å²) in [6, 6.07) is 6.22. The van der Waals surface area contributed by atoms with Crippen LogP contribution < -0.4 is 5.32 Å². The van der Waals surface area contributed by atoms with Gasteiger partial charge in [-0.1, -0.05) is 12.1 Å². The van der Waals surface area contributed by atoms with Crippen LogP contribution in [0.25, 0.3) is 10.2 Å². The molecule has 2 rings (SSSR count). The molecule has 10 heteroatoms. The van der Waals surface area contributed by atoms with Crippen molar-refractivity contribution in [1.82, 2.24) is 10.3 Å². The molecule has 0 aliphatic rings. The van der Waals surface area contributed by atoms with Gasteiger partial charge in [0.15, 0.2) is 0 Å². The first kappa shape index (κ1) is 19.1. The van der Waals surface area contributed by atoms with Crippen LogP contribution in [0.15, 0.2) is 24.3 Å². The van der Waals surface area contributed by atoms with Crippen LogP contribution in [0.1, 0.15) is 25.3 Å². The Morgan fingerprint density at radius 2 is 1.84 bits per heavy atom. The Bertz CT molecular complexity index is 785. The molecule has 0 spiro atoms. The third-order valence-electron chi connectivity index (χ3n) is 3.52. The topological polar surface area (TPSA) is 99.5 Å². The van der Waals surface area contributed by atoms with E-state index in [1.54, 1.807) is 18.2 Å². The average molecular weight is 376 g/mol. The second kappa shape index (κ2) is 6.26. The molecular weight excluding hydrogens is 361 g/mol. The maximum atomic E-state index is 13.5. The Hall–Kier alpha value is -2.20. The summed E-state index contributed by atoms with van der Waals surface area (Å²) in [4.78, 5) is 26.7. The number of thiazole rings is 1. The number of nitrogens with zero attached hydrogens (tertiary/aromatic N) is 1. The highest BCUT2D eigenvalue weighted by molar-refractivity contribution is 7.18. The fourth-order valence-electron chi connectivity index (χ4n) is 2.02. The normalized spacial score (nSPS) is 15.0. The molecule has 25 heavy (non-hydrogen) atoms. The van der Waals surface area contributed by atoms with Crippen molar-refractivity contribution in [3.8, 4) is 0 Å². The number of carbonyl (C=O) groups excluding carboxylic acids is 1. The summed E-state index contributed by atoms with van der Waals surface area (Å²) in [5, 5.41) is 20.5. The van der Waals surface area contributed by atoms with E-state index in [1.807, 2.05) is 5.32 Å². The van der Waals surface area contributed by atoms with Crippen LogP contribution in [0, 0.1) is 0 Å². The van der Waals surface area contributed by atoms with E-state index in [0.29, 0.717) is 16.0 Å². The summed E-state index contributed by atoms with van der Waals surface area (Å²) in [5.74, 6) is -2.68. The average Bonchev–Trinajstić information content (AvgIpc) is 2.89. The molecule has 1 amide bonds. The van der Waals surface area contributed by atoms with Crippen LogP contribution in [0.2, 0.25) is 0 Å². The Morgan fingerprint density at radius 1 is 1.24 bits per heavy atom. The van der Waals surface area contributed by atoms with Crippen molar-refractivity contribution < 1.29 is 33.0 Å². The molecule has 2 aromatic rings. The van der Waals surface area contributed by atoms with E-state index in [-0.39, 0.29) is 5.52 Å². The standard InChI is InChI=1S/C15H15F3N2O4S/c1-13(2,12(22)23)20-10(21)7-14(24,15(16,17)18)11-19-8-5-3-4-6-9(8)25-11/h3-6,24H,7H2,1-2H3,(H,20,21)(H,22,23). The van der Waals surface area contributed by atoms with Crippen LogP contribution in [0.5, 0.6) is 0 Å². The van der Waals surface area contributed by atoms with Gasteiger partial charge >= 0.3 is 12.1 Å². The highest BCUT2D eigenvalue weighted by Crippen LogP contribution is 2.44. The maximum Gasteiger partial charge on any atom is 0.424 e. The fourth-order valence-corrected chi connectivity index (χ4v) is 3.10. The number of halogens is 3. The molecule has 0 saturated heterocycles. The van der Waals surface area contributed by atoms with Crippen LogP contribution >= 0.6 is 11.3 Å². The van der Waals surface area contributed by atoms with Gasteiger partial charge in [-0.3, -0.25) is 4.79 Å². The molecule has 1 heterocycles. The third-order valence-corrected chi connectivity index (χ3v) is 4.71. The highest BCUT2D eigenvalue weighted by Gasteiger charge is 2.58. The first-order chi connectivity index (χ1) is 11.4. The first-order valence-corrected chi connectivity index (χ1v) is 7.88. The lowest BCUT2D eigenvalue weighted by Crippen LogP contribution is -2.53. The second-order valence-electron chi connectivity index (χ2n) is 6.00. The first-order valence-electron chi connectivity index (χ1n) is 7.06. The van der Waals surface area contributed by atoms with E-state index in [0.717, 1.165) is 13.8 Å². The zero-order chi connectivity index (χ0) is 19.0. The molecule has 3 N–H and O–H groups in total. The summed E-state index contributed by atoms with van der Waals surface area (Å²) in [6.07, 6.45) is -6.57. The Balaban J connectivity index is 2.38. The number of hydrogen-bond acceptors (Lipinski definition) is 5. The summed E-state index contributed by atoms with van der Waals surface area (Å²) in [7, 11) is 0. The van der Waals surface area contributed by atoms with Crippen molar-refractivity contribution in [3.05, 3.63) is 29.3 Å². The molecule has 0 saturated carbocycles. The van der Waals surface area contributed by atoms with Gasteiger partial charge in [0.25, 0.3) is 0 Å². The van der Waals surface area contributed by atoms with E-state index in [9.17, 15) is 27.9 Å². The van der Waals surface area contributed by atoms with Gasteiger partial charge in [-0.25, -0.2) is 9.78 Å². The zero-order valence-electron chi connectivity index (χ0n) is 13.2. The largest absolute Gasteiger partial charge is 0.480 e. The fraction of sp³-hybridized carbons (Fsp3) is 0.400. The number of aliphatic carboxylic acids is 1. The van der Waals surface area contributed by atoms with E-state index >= 15 is 0 Å². The predicted molar refractivity (Wildman–Crippen MR) is 84.0 cm³/mol. The van der Waals surface area contributed by atoms with E-state index in [1.165, 1.54) is 6.07 Å². The number of carbonyl (C=O) groups is 2. The number of aliphatic hydroxyl groups is 1. The van der Waals surface area contributed by atoms with E-state index in [2.05, 4.69) is 4.98 Å². The highest BCUT2D eigenvalue weighted by atomic mass is 32.1. The minimum Gasteiger partial charge on any atom is -0.480 e. The molecular formula is C15H15F3N2O4S. The number of aromatic nitrogens is 1. The van der Waals surface area contributed by atoms with Crippen molar-refractivity contribution in [2.45, 2.75) is 37.6 Å². The Kier molecular flexibility index (Phi) is 4.79. The summed E-state index contributed by atoms with van der Waals surface area (Å²) >= 11 is 0.620. The minimum absolute atomic E-state index is 0.261. The quantitative estimate of drug-likeness (QED) is 0.744. The molecule has 1 atom stereocenters. The van der Waals surface area contributed by atoms with Crippen molar-refractivity contribution >= 4 is 33.4 Å². The summed E-state index contributed by atoms with van der Waals surface area (Å²) in [6.45, 7) is 2.25. The van der Waals surface area contributed by atoms with Crippen LogP contribution in [0.3, 0.4) is 0 Å². The molecule has 0 aliphatic carbocycles. The molecule has 1 unspecified atom stereocenters. The van der Waals surface area contributed by atoms with Crippen LogP contribution in [-0.2, 0) is 15.2 Å². The molecule has 0 bridgehead atoms. The lowest BCUT2D eigenvalue weighted by atomic mass is 9.97. The third kappa shape index (κ3) is 3.74. The van der Waals surface area contributed by atoms with Crippen LogP contribution in [-0.4, -0.2) is 38.8 Å². The van der Waals surface area contributed by atoms with Gasteiger partial charge < -0.3 is 15.5 Å². The zero-order valence-corrected chi connectivity index (χ0v) is 14.0. The number of carboxylic acid groups (broad SMARTS) is 1. The predicted octanol–water partition coefficient (Wildman–Crippen LogP) is 2.42. The molecule has 1 aromatic heterocycles. The number of amides is 1. The Labute approximate surface area is 144 Å². The smallest absolute Gasteiger partial charge is 0.424 e. The monoisotopic (exact) mass is 376 g/mol. The van der Waals surface area contributed by atoms with Gasteiger partial charge in [-0.15, -0.1) is 11.3 Å². The molecule has 0 radical (unpaired) electrons. The second-order valence-corrected chi connectivity index (χ2v) is 7.03. The number of fused-ring (bicyclic) bond motifs is 1. The molecule has 0 aliphatic heterocycles. The summed E-state index contributed by atoms with van der Waals surface area (Å²) in [5.41, 5.74) is -5.04. The number of alkyl halides is 3. The number of hydrogen-bond donors (Lipinski definition) is 3. The number of carboxylic acids is 1. The van der Waals surface area contributed by atoms with E-state index < -0.39 is 40.6 Å². The molecule has 6 nitrogen and oxygen atoms in total. The maximum absolute atomic E-state index is 13.5. The van der Waals surface area contributed by atoms with Gasteiger partial charge in [0.2, 0.25) is 11.5 Å². The lowest BCUT2D eigenvalue weighted by Gasteiger charge is -2.29. The number of nitrogens with one attached hydrogen (secondary N) is 1. The number of rotatable bonds is 5. The van der Waals surface area contributed by atoms with Crippen LogP contribution in [0.4, 0.5) is 13.2 Å². The lowest BCUT2D eigenvalue weighted by molar-refractivity contribution is -0.267. The number of benzene rings is 1. The van der Waals surface area contributed by atoms with E-state index in [4.69, 9.17) is 5.11 Å². The van der Waals surface area contributed by atoms with Crippen molar-refractivity contribution in [3.63, 3.8) is 0 Å². The van der Waals surface area contributed by atoms with Crippen molar-refractivity contribution in [2.24, 2.45) is 0 Å². The molecule has 0 fully saturated rings. The Morgan fingerprint density at radius 3 is 2.36 bits per heavy atom. The van der Waals surface area contributed by atoms with Crippen molar-refractivity contribution in [1.29, 1.82) is 0 Å². The summed E-state index contributed by atoms with van der Waals surface area (Å²) < 4.78 is 40.9. The number of para-hydroxylation sites is 1. The van der Waals surface area contributed by atoms with Gasteiger partial charge in [0.05, 0.1) is 16.6 Å². The minimum atomic E-state index is -5.18. The molecule has 136 valence electrons.